The SMILES string of the molecule is NC=C(C=NCC(=O)N1CCCCC1)c1cnc2ccc(Cl)nc2c1. The Morgan fingerprint density at radius 2 is 2.08 bits per heavy atom. The molecule has 3 rings (SSSR count). The Kier molecular flexibility index (Phi) is 5.60. The van der Waals surface area contributed by atoms with Crippen molar-refractivity contribution >= 4 is 40.3 Å². The summed E-state index contributed by atoms with van der Waals surface area (Å²) < 4.78 is 0. The van der Waals surface area contributed by atoms with Gasteiger partial charge in [-0.1, -0.05) is 11.6 Å². The van der Waals surface area contributed by atoms with Gasteiger partial charge in [-0.3, -0.25) is 14.8 Å². The number of rotatable bonds is 4. The van der Waals surface area contributed by atoms with Gasteiger partial charge in [-0.05, 0) is 37.5 Å². The van der Waals surface area contributed by atoms with Crippen LogP contribution in [0.3, 0.4) is 0 Å². The Hall–Kier alpha value is -2.47. The lowest BCUT2D eigenvalue weighted by molar-refractivity contribution is -0.130. The number of nitrogens with zero attached hydrogens (tertiary/aromatic N) is 4. The Morgan fingerprint density at radius 1 is 1.28 bits per heavy atom. The number of aliphatic imine (C=N–C) groups is 1. The van der Waals surface area contributed by atoms with Crippen LogP contribution in [0.5, 0.6) is 0 Å². The van der Waals surface area contributed by atoms with Crippen molar-refractivity contribution in [1.82, 2.24) is 14.9 Å². The highest BCUT2D eigenvalue weighted by molar-refractivity contribution is 6.29. The molecule has 0 unspecified atom stereocenters. The van der Waals surface area contributed by atoms with Gasteiger partial charge in [-0.2, -0.15) is 0 Å². The number of carbonyl (C=O) groups excluding carboxylic acids is 1. The van der Waals surface area contributed by atoms with E-state index in [-0.39, 0.29) is 12.5 Å². The van der Waals surface area contributed by atoms with E-state index in [1.165, 1.54) is 12.6 Å². The largest absolute Gasteiger partial charge is 0.404 e. The molecule has 0 bridgehead atoms. The van der Waals surface area contributed by atoms with Crippen molar-refractivity contribution in [2.45, 2.75) is 19.3 Å². The molecule has 0 atom stereocenters. The molecular formula is C18H20ClN5O. The lowest BCUT2D eigenvalue weighted by atomic mass is 10.1. The summed E-state index contributed by atoms with van der Waals surface area (Å²) in [4.78, 5) is 26.9. The van der Waals surface area contributed by atoms with Crippen molar-refractivity contribution in [1.29, 1.82) is 0 Å². The van der Waals surface area contributed by atoms with Crippen LogP contribution in [-0.2, 0) is 4.79 Å². The van der Waals surface area contributed by atoms with E-state index in [1.807, 2.05) is 17.0 Å². The topological polar surface area (TPSA) is 84.5 Å². The Labute approximate surface area is 151 Å². The van der Waals surface area contributed by atoms with Crippen LogP contribution in [0.4, 0.5) is 0 Å². The minimum absolute atomic E-state index is 0.0532. The molecule has 3 heterocycles. The number of hydrogen-bond donors (Lipinski definition) is 1. The Bertz CT molecular complexity index is 827. The summed E-state index contributed by atoms with van der Waals surface area (Å²) in [6.45, 7) is 1.78. The molecule has 0 aromatic carbocycles. The maximum atomic E-state index is 12.1. The number of hydrogen-bond acceptors (Lipinski definition) is 5. The number of fused-ring (bicyclic) bond motifs is 1. The summed E-state index contributed by atoms with van der Waals surface area (Å²) in [5, 5.41) is 0.408. The monoisotopic (exact) mass is 357 g/mol. The number of pyridine rings is 2. The van der Waals surface area contributed by atoms with Crippen LogP contribution in [0, 0.1) is 0 Å². The fourth-order valence-corrected chi connectivity index (χ4v) is 2.97. The molecule has 1 amide bonds. The molecule has 0 saturated carbocycles. The number of carbonyl (C=O) groups is 1. The van der Waals surface area contributed by atoms with Crippen LogP contribution < -0.4 is 5.73 Å². The molecular weight excluding hydrogens is 338 g/mol. The molecule has 1 fully saturated rings. The lowest BCUT2D eigenvalue weighted by Crippen LogP contribution is -2.37. The van der Waals surface area contributed by atoms with E-state index in [2.05, 4.69) is 15.0 Å². The highest BCUT2D eigenvalue weighted by atomic mass is 35.5. The average Bonchev–Trinajstić information content (AvgIpc) is 2.65. The maximum absolute atomic E-state index is 12.1. The van der Waals surface area contributed by atoms with Gasteiger partial charge in [0.1, 0.15) is 11.7 Å². The number of halogens is 1. The van der Waals surface area contributed by atoms with Crippen molar-refractivity contribution in [3.63, 3.8) is 0 Å². The third-order valence-corrected chi connectivity index (χ3v) is 4.39. The first-order valence-corrected chi connectivity index (χ1v) is 8.67. The zero-order chi connectivity index (χ0) is 17.6. The summed E-state index contributed by atoms with van der Waals surface area (Å²) in [6.07, 6.45) is 8.09. The van der Waals surface area contributed by atoms with Crippen LogP contribution in [0.25, 0.3) is 16.6 Å². The second kappa shape index (κ2) is 8.07. The molecule has 1 saturated heterocycles. The van der Waals surface area contributed by atoms with Crippen LogP contribution in [0.2, 0.25) is 5.15 Å². The van der Waals surface area contributed by atoms with Gasteiger partial charge in [0.25, 0.3) is 0 Å². The first-order chi connectivity index (χ1) is 12.2. The summed E-state index contributed by atoms with van der Waals surface area (Å²) in [6, 6.07) is 5.36. The van der Waals surface area contributed by atoms with E-state index in [9.17, 15) is 4.79 Å². The van der Waals surface area contributed by atoms with Crippen LogP contribution in [-0.4, -0.2) is 46.6 Å². The maximum Gasteiger partial charge on any atom is 0.244 e. The molecule has 0 aliphatic carbocycles. The first kappa shape index (κ1) is 17.4. The molecule has 1 aliphatic heterocycles. The molecule has 2 aromatic heterocycles. The van der Waals surface area contributed by atoms with Gasteiger partial charge in [0.05, 0.1) is 11.0 Å². The number of piperidine rings is 1. The minimum Gasteiger partial charge on any atom is -0.404 e. The van der Waals surface area contributed by atoms with E-state index in [1.54, 1.807) is 18.5 Å². The van der Waals surface area contributed by atoms with Gasteiger partial charge in [-0.25, -0.2) is 4.98 Å². The summed E-state index contributed by atoms with van der Waals surface area (Å²) in [5.74, 6) is 0.0532. The molecule has 2 aromatic rings. The van der Waals surface area contributed by atoms with Gasteiger partial charge < -0.3 is 10.6 Å². The smallest absolute Gasteiger partial charge is 0.244 e. The molecule has 0 spiro atoms. The second-order valence-electron chi connectivity index (χ2n) is 5.93. The molecule has 130 valence electrons. The van der Waals surface area contributed by atoms with Gasteiger partial charge in [0.2, 0.25) is 5.91 Å². The fourth-order valence-electron chi connectivity index (χ4n) is 2.82. The highest BCUT2D eigenvalue weighted by Gasteiger charge is 2.15. The van der Waals surface area contributed by atoms with E-state index in [4.69, 9.17) is 17.3 Å². The third kappa shape index (κ3) is 4.33. The van der Waals surface area contributed by atoms with Gasteiger partial charge in [0.15, 0.2) is 0 Å². The molecule has 6 nitrogen and oxygen atoms in total. The number of likely N-dealkylation sites (tertiary alicyclic amines) is 1. The van der Waals surface area contributed by atoms with Crippen molar-refractivity contribution in [2.75, 3.05) is 19.6 Å². The van der Waals surface area contributed by atoms with E-state index in [0.717, 1.165) is 37.0 Å². The summed E-state index contributed by atoms with van der Waals surface area (Å²) in [5.41, 5.74) is 8.61. The molecule has 0 radical (unpaired) electrons. The van der Waals surface area contributed by atoms with E-state index in [0.29, 0.717) is 16.2 Å². The molecule has 7 heteroatoms. The van der Waals surface area contributed by atoms with E-state index >= 15 is 0 Å². The van der Waals surface area contributed by atoms with Gasteiger partial charge in [0, 0.05) is 42.8 Å². The Morgan fingerprint density at radius 3 is 2.84 bits per heavy atom. The minimum atomic E-state index is 0.0532. The molecule has 1 aliphatic rings. The standard InChI is InChI=1S/C18H20ClN5O/c19-17-5-4-15-16(23-17)8-13(11-22-15)14(9-20)10-21-12-18(25)24-6-2-1-3-7-24/h4-5,8-11H,1-3,6-7,12,20H2. The highest BCUT2D eigenvalue weighted by Crippen LogP contribution is 2.18. The van der Waals surface area contributed by atoms with E-state index < -0.39 is 0 Å². The zero-order valence-electron chi connectivity index (χ0n) is 13.9. The second-order valence-corrected chi connectivity index (χ2v) is 6.32. The summed E-state index contributed by atoms with van der Waals surface area (Å²) in [7, 11) is 0. The average molecular weight is 358 g/mol. The number of amides is 1. The van der Waals surface area contributed by atoms with Crippen molar-refractivity contribution in [3.05, 3.63) is 41.3 Å². The number of allylic oxidation sites excluding steroid dienone is 1. The number of aromatic nitrogens is 2. The summed E-state index contributed by atoms with van der Waals surface area (Å²) >= 11 is 5.93. The predicted molar refractivity (Wildman–Crippen MR) is 101 cm³/mol. The van der Waals surface area contributed by atoms with Crippen LogP contribution in [0.15, 0.2) is 35.6 Å². The Balaban J connectivity index is 1.70. The van der Waals surface area contributed by atoms with Gasteiger partial charge in [-0.15, -0.1) is 0 Å². The number of nitrogens with two attached hydrogens (primary N) is 1. The third-order valence-electron chi connectivity index (χ3n) is 4.18. The zero-order valence-corrected chi connectivity index (χ0v) is 14.6. The predicted octanol–water partition coefficient (Wildman–Crippen LogP) is 2.67. The van der Waals surface area contributed by atoms with Crippen molar-refractivity contribution in [3.8, 4) is 0 Å². The first-order valence-electron chi connectivity index (χ1n) is 8.29. The fraction of sp³-hybridized carbons (Fsp3) is 0.333. The lowest BCUT2D eigenvalue weighted by Gasteiger charge is -2.25. The van der Waals surface area contributed by atoms with Gasteiger partial charge >= 0.3 is 0 Å². The van der Waals surface area contributed by atoms with Crippen molar-refractivity contribution < 1.29 is 4.79 Å². The normalized spacial score (nSPS) is 15.9. The van der Waals surface area contributed by atoms with Crippen LogP contribution >= 0.6 is 11.6 Å². The van der Waals surface area contributed by atoms with Crippen LogP contribution in [0.1, 0.15) is 24.8 Å². The molecule has 25 heavy (non-hydrogen) atoms. The van der Waals surface area contributed by atoms with Crippen molar-refractivity contribution in [2.24, 2.45) is 10.7 Å². The quantitative estimate of drug-likeness (QED) is 0.673. The molecule has 2 N–H and O–H groups in total.